The minimum absolute atomic E-state index is 0.0744. The number of aromatic nitrogens is 1. The number of hydrogen-bond donors (Lipinski definition) is 3. The van der Waals surface area contributed by atoms with Crippen LogP contribution < -0.4 is 29.7 Å². The standard InChI is InChI=1S/C26H23N3O7S/c1-2-34-18-6-4-17(5-7-18)29-37(32,33)19-8-9-22-20(12-19)25(30)21(14-27-22)26(31)28-13-16-3-10-23-24(11-16)36-15-35-23/h3-12,14,29H,2,13,15H2,1H3,(H,27,30)(H,28,31). The Kier molecular flexibility index (Phi) is 6.45. The van der Waals surface area contributed by atoms with Crippen molar-refractivity contribution < 1.29 is 27.4 Å². The number of carbonyl (C=O) groups is 1. The highest BCUT2D eigenvalue weighted by molar-refractivity contribution is 7.92. The molecule has 11 heteroatoms. The molecule has 2 heterocycles. The van der Waals surface area contributed by atoms with E-state index in [0.29, 0.717) is 35.1 Å². The molecular formula is C26H23N3O7S. The summed E-state index contributed by atoms with van der Waals surface area (Å²) in [5.41, 5.74) is 0.785. The summed E-state index contributed by atoms with van der Waals surface area (Å²) in [7, 11) is -4.00. The summed E-state index contributed by atoms with van der Waals surface area (Å²) < 4.78 is 44.4. The Morgan fingerprint density at radius 3 is 2.59 bits per heavy atom. The fourth-order valence-corrected chi connectivity index (χ4v) is 4.95. The maximum Gasteiger partial charge on any atom is 0.261 e. The molecule has 1 aliphatic rings. The van der Waals surface area contributed by atoms with Crippen molar-refractivity contribution in [3.05, 3.63) is 88.2 Å². The smallest absolute Gasteiger partial charge is 0.261 e. The summed E-state index contributed by atoms with van der Waals surface area (Å²) in [4.78, 5) is 28.7. The van der Waals surface area contributed by atoms with Crippen LogP contribution in [0.2, 0.25) is 0 Å². The second-order valence-electron chi connectivity index (χ2n) is 8.17. The van der Waals surface area contributed by atoms with E-state index >= 15 is 0 Å². The van der Waals surface area contributed by atoms with Gasteiger partial charge in [0.25, 0.3) is 15.9 Å². The van der Waals surface area contributed by atoms with E-state index in [9.17, 15) is 18.0 Å². The Labute approximate surface area is 212 Å². The lowest BCUT2D eigenvalue weighted by atomic mass is 10.1. The maximum atomic E-state index is 13.1. The van der Waals surface area contributed by atoms with Crippen molar-refractivity contribution >= 4 is 32.5 Å². The third kappa shape index (κ3) is 5.07. The van der Waals surface area contributed by atoms with Gasteiger partial charge in [-0.1, -0.05) is 6.07 Å². The minimum Gasteiger partial charge on any atom is -0.494 e. The number of sulfonamides is 1. The van der Waals surface area contributed by atoms with E-state index in [4.69, 9.17) is 14.2 Å². The quantitative estimate of drug-likeness (QED) is 0.323. The molecule has 190 valence electrons. The molecule has 0 bridgehead atoms. The molecule has 0 saturated heterocycles. The molecule has 1 aliphatic heterocycles. The fourth-order valence-electron chi connectivity index (χ4n) is 3.86. The van der Waals surface area contributed by atoms with Gasteiger partial charge >= 0.3 is 0 Å². The predicted octanol–water partition coefficient (Wildman–Crippen LogP) is 3.39. The Hall–Kier alpha value is -4.51. The van der Waals surface area contributed by atoms with Gasteiger partial charge in [0.1, 0.15) is 11.3 Å². The van der Waals surface area contributed by atoms with E-state index in [-0.39, 0.29) is 29.2 Å². The molecule has 0 fully saturated rings. The zero-order valence-corrected chi connectivity index (χ0v) is 20.6. The highest BCUT2D eigenvalue weighted by atomic mass is 32.2. The first-order chi connectivity index (χ1) is 17.8. The van der Waals surface area contributed by atoms with Gasteiger partial charge in [-0.2, -0.15) is 0 Å². The highest BCUT2D eigenvalue weighted by Gasteiger charge is 2.19. The topological polar surface area (TPSA) is 136 Å². The molecule has 0 radical (unpaired) electrons. The zero-order valence-electron chi connectivity index (χ0n) is 19.7. The number of nitrogens with one attached hydrogen (secondary N) is 3. The summed E-state index contributed by atoms with van der Waals surface area (Å²) in [6, 6.07) is 15.9. The van der Waals surface area contributed by atoms with Crippen molar-refractivity contribution in [1.82, 2.24) is 10.3 Å². The monoisotopic (exact) mass is 521 g/mol. The number of aromatic amines is 1. The van der Waals surface area contributed by atoms with Crippen LogP contribution in [0.25, 0.3) is 10.9 Å². The largest absolute Gasteiger partial charge is 0.494 e. The SMILES string of the molecule is CCOc1ccc(NS(=O)(=O)c2ccc3[nH]cc(C(=O)NCc4ccc5c(c4)OCO5)c(=O)c3c2)cc1. The zero-order chi connectivity index (χ0) is 26.0. The Balaban J connectivity index is 1.36. The fraction of sp³-hybridized carbons (Fsp3) is 0.154. The van der Waals surface area contributed by atoms with Gasteiger partial charge in [0.15, 0.2) is 11.5 Å². The van der Waals surface area contributed by atoms with Crippen LogP contribution in [0, 0.1) is 0 Å². The van der Waals surface area contributed by atoms with Gasteiger partial charge in [0, 0.05) is 29.3 Å². The third-order valence-electron chi connectivity index (χ3n) is 5.71. The Morgan fingerprint density at radius 2 is 1.81 bits per heavy atom. The molecule has 3 aromatic carbocycles. The molecule has 0 atom stereocenters. The van der Waals surface area contributed by atoms with Gasteiger partial charge < -0.3 is 24.5 Å². The number of H-pyrrole nitrogens is 1. The highest BCUT2D eigenvalue weighted by Crippen LogP contribution is 2.32. The molecule has 37 heavy (non-hydrogen) atoms. The molecule has 0 aliphatic carbocycles. The molecule has 0 unspecified atom stereocenters. The average Bonchev–Trinajstić information content (AvgIpc) is 3.36. The minimum atomic E-state index is -4.00. The van der Waals surface area contributed by atoms with Crippen molar-refractivity contribution in [2.24, 2.45) is 0 Å². The summed E-state index contributed by atoms with van der Waals surface area (Å²) in [6.45, 7) is 2.65. The molecule has 1 amide bonds. The molecule has 10 nitrogen and oxygen atoms in total. The van der Waals surface area contributed by atoms with Gasteiger partial charge in [0.2, 0.25) is 12.2 Å². The van der Waals surface area contributed by atoms with Crippen LogP contribution in [-0.2, 0) is 16.6 Å². The Morgan fingerprint density at radius 1 is 1.03 bits per heavy atom. The van der Waals surface area contributed by atoms with E-state index in [1.54, 1.807) is 42.5 Å². The predicted molar refractivity (Wildman–Crippen MR) is 137 cm³/mol. The maximum absolute atomic E-state index is 13.1. The van der Waals surface area contributed by atoms with Crippen LogP contribution in [0.15, 0.2) is 76.6 Å². The summed E-state index contributed by atoms with van der Waals surface area (Å²) >= 11 is 0. The number of fused-ring (bicyclic) bond motifs is 2. The summed E-state index contributed by atoms with van der Waals surface area (Å²) in [5.74, 6) is 1.24. The third-order valence-corrected chi connectivity index (χ3v) is 7.09. The van der Waals surface area contributed by atoms with Crippen LogP contribution in [-0.4, -0.2) is 32.7 Å². The normalized spacial score (nSPS) is 12.4. The molecule has 4 aromatic rings. The van der Waals surface area contributed by atoms with E-state index < -0.39 is 21.4 Å². The molecule has 0 spiro atoms. The lowest BCUT2D eigenvalue weighted by Crippen LogP contribution is -2.28. The first-order valence-corrected chi connectivity index (χ1v) is 12.9. The lowest BCUT2D eigenvalue weighted by molar-refractivity contribution is 0.0949. The van der Waals surface area contributed by atoms with Gasteiger partial charge in [-0.15, -0.1) is 0 Å². The molecule has 1 aromatic heterocycles. The second kappa shape index (κ2) is 9.86. The van der Waals surface area contributed by atoms with E-state index in [1.807, 2.05) is 6.92 Å². The number of carbonyl (C=O) groups excluding carboxylic acids is 1. The first-order valence-electron chi connectivity index (χ1n) is 11.4. The number of amides is 1. The van der Waals surface area contributed by atoms with Gasteiger partial charge in [-0.05, 0) is 67.1 Å². The number of hydrogen-bond acceptors (Lipinski definition) is 7. The number of rotatable bonds is 8. The summed E-state index contributed by atoms with van der Waals surface area (Å²) in [6.07, 6.45) is 1.31. The van der Waals surface area contributed by atoms with Crippen molar-refractivity contribution in [3.8, 4) is 17.2 Å². The molecular weight excluding hydrogens is 498 g/mol. The van der Waals surface area contributed by atoms with Gasteiger partial charge in [-0.25, -0.2) is 8.42 Å². The van der Waals surface area contributed by atoms with Crippen molar-refractivity contribution in [1.29, 1.82) is 0 Å². The van der Waals surface area contributed by atoms with E-state index in [1.165, 1.54) is 24.4 Å². The molecule has 3 N–H and O–H groups in total. The molecule has 0 saturated carbocycles. The number of anilines is 1. The van der Waals surface area contributed by atoms with Gasteiger partial charge in [-0.3, -0.25) is 14.3 Å². The van der Waals surface area contributed by atoms with Crippen molar-refractivity contribution in [3.63, 3.8) is 0 Å². The van der Waals surface area contributed by atoms with Crippen LogP contribution in [0.3, 0.4) is 0 Å². The van der Waals surface area contributed by atoms with Crippen LogP contribution >= 0.6 is 0 Å². The van der Waals surface area contributed by atoms with E-state index in [0.717, 1.165) is 5.56 Å². The van der Waals surface area contributed by atoms with E-state index in [2.05, 4.69) is 15.0 Å². The van der Waals surface area contributed by atoms with Crippen molar-refractivity contribution in [2.45, 2.75) is 18.4 Å². The van der Waals surface area contributed by atoms with Crippen LogP contribution in [0.4, 0.5) is 5.69 Å². The second-order valence-corrected chi connectivity index (χ2v) is 9.85. The van der Waals surface area contributed by atoms with Crippen LogP contribution in [0.1, 0.15) is 22.8 Å². The Bertz CT molecular complexity index is 1650. The molecule has 5 rings (SSSR count). The number of benzene rings is 3. The van der Waals surface area contributed by atoms with Crippen molar-refractivity contribution in [2.75, 3.05) is 18.1 Å². The number of pyridine rings is 1. The number of ether oxygens (including phenoxy) is 3. The van der Waals surface area contributed by atoms with Crippen LogP contribution in [0.5, 0.6) is 17.2 Å². The first kappa shape index (κ1) is 24.2. The summed E-state index contributed by atoms with van der Waals surface area (Å²) in [5, 5.41) is 2.78. The average molecular weight is 522 g/mol. The lowest BCUT2D eigenvalue weighted by Gasteiger charge is -2.10. The van der Waals surface area contributed by atoms with Gasteiger partial charge in [0.05, 0.1) is 11.5 Å².